The first-order valence-corrected chi connectivity index (χ1v) is 8.51. The Balaban J connectivity index is 1.90. The number of fused-ring (bicyclic) bond motifs is 1. The second kappa shape index (κ2) is 6.24. The zero-order valence-electron chi connectivity index (χ0n) is 11.1. The summed E-state index contributed by atoms with van der Waals surface area (Å²) in [4.78, 5) is 4.40. The molecule has 0 amide bonds. The quantitative estimate of drug-likeness (QED) is 0.780. The van der Waals surface area contributed by atoms with Gasteiger partial charge in [-0.25, -0.2) is 0 Å². The third-order valence-corrected chi connectivity index (χ3v) is 4.74. The van der Waals surface area contributed by atoms with Crippen LogP contribution in [0.2, 0.25) is 5.02 Å². The van der Waals surface area contributed by atoms with E-state index in [-0.39, 0.29) is 6.04 Å². The Labute approximate surface area is 145 Å². The molecule has 1 atom stereocenters. The summed E-state index contributed by atoms with van der Waals surface area (Å²) in [6.07, 6.45) is 3.29. The molecule has 21 heavy (non-hydrogen) atoms. The monoisotopic (exact) mass is 430 g/mol. The maximum atomic E-state index is 6.32. The molecule has 1 aliphatic heterocycles. The van der Waals surface area contributed by atoms with Crippen LogP contribution in [0.1, 0.15) is 22.9 Å². The van der Waals surface area contributed by atoms with E-state index in [0.717, 1.165) is 43.0 Å². The average molecular weight is 433 g/mol. The van der Waals surface area contributed by atoms with Crippen molar-refractivity contribution in [3.05, 3.63) is 55.2 Å². The SMILES string of the molecule is NC(Cc1cc(Cl)cc2c1OCC2)c1ncc(Br)cc1Br. The molecule has 110 valence electrons. The second-order valence-electron chi connectivity index (χ2n) is 4.98. The van der Waals surface area contributed by atoms with Gasteiger partial charge in [-0.3, -0.25) is 4.98 Å². The molecule has 0 bridgehead atoms. The maximum absolute atomic E-state index is 6.32. The molecule has 0 radical (unpaired) electrons. The van der Waals surface area contributed by atoms with Crippen molar-refractivity contribution in [1.29, 1.82) is 0 Å². The number of nitrogens with zero attached hydrogens (tertiary/aromatic N) is 1. The lowest BCUT2D eigenvalue weighted by Gasteiger charge is -2.15. The molecule has 2 heterocycles. The Kier molecular flexibility index (Phi) is 4.54. The molecule has 1 aromatic heterocycles. The van der Waals surface area contributed by atoms with Gasteiger partial charge in [0.05, 0.1) is 18.3 Å². The van der Waals surface area contributed by atoms with Crippen LogP contribution in [0.25, 0.3) is 0 Å². The van der Waals surface area contributed by atoms with Crippen LogP contribution in [-0.4, -0.2) is 11.6 Å². The molecule has 2 aromatic rings. The molecule has 0 fully saturated rings. The van der Waals surface area contributed by atoms with E-state index in [2.05, 4.69) is 36.8 Å². The highest BCUT2D eigenvalue weighted by atomic mass is 79.9. The summed E-state index contributed by atoms with van der Waals surface area (Å²) in [5, 5.41) is 0.726. The lowest BCUT2D eigenvalue weighted by molar-refractivity contribution is 0.352. The molecule has 0 saturated carbocycles. The van der Waals surface area contributed by atoms with E-state index in [1.54, 1.807) is 6.20 Å². The van der Waals surface area contributed by atoms with Gasteiger partial charge < -0.3 is 10.5 Å². The lowest BCUT2D eigenvalue weighted by Crippen LogP contribution is -2.16. The summed E-state index contributed by atoms with van der Waals surface area (Å²) in [5.41, 5.74) is 9.34. The number of hydrogen-bond acceptors (Lipinski definition) is 3. The summed E-state index contributed by atoms with van der Waals surface area (Å²) in [5.74, 6) is 0.933. The third kappa shape index (κ3) is 3.26. The van der Waals surface area contributed by atoms with E-state index in [1.807, 2.05) is 18.2 Å². The molecule has 1 aliphatic rings. The number of rotatable bonds is 3. The number of nitrogens with two attached hydrogens (primary N) is 1. The van der Waals surface area contributed by atoms with Gasteiger partial charge >= 0.3 is 0 Å². The highest BCUT2D eigenvalue weighted by Crippen LogP contribution is 2.35. The van der Waals surface area contributed by atoms with Crippen molar-refractivity contribution in [2.75, 3.05) is 6.61 Å². The minimum absolute atomic E-state index is 0.223. The van der Waals surface area contributed by atoms with Gasteiger partial charge in [-0.15, -0.1) is 0 Å². The minimum atomic E-state index is -0.223. The van der Waals surface area contributed by atoms with Crippen molar-refractivity contribution < 1.29 is 4.74 Å². The van der Waals surface area contributed by atoms with E-state index in [1.165, 1.54) is 0 Å². The standard InChI is InChI=1S/C15H13Br2ClN2O/c16-10-6-12(17)14(20-7-10)13(19)5-9-4-11(18)3-8-1-2-21-15(8)9/h3-4,6-7,13H,1-2,5,19H2. The van der Waals surface area contributed by atoms with Gasteiger partial charge in [-0.05, 0) is 67.6 Å². The molecule has 3 rings (SSSR count). The molecule has 0 aliphatic carbocycles. The van der Waals surface area contributed by atoms with Crippen molar-refractivity contribution in [3.8, 4) is 5.75 Å². The van der Waals surface area contributed by atoms with Crippen molar-refractivity contribution in [1.82, 2.24) is 4.98 Å². The predicted octanol–water partition coefficient (Wildman–Crippen LogP) is 4.44. The lowest BCUT2D eigenvalue weighted by atomic mass is 10.00. The minimum Gasteiger partial charge on any atom is -0.493 e. The number of halogens is 3. The van der Waals surface area contributed by atoms with E-state index >= 15 is 0 Å². The maximum Gasteiger partial charge on any atom is 0.125 e. The first-order valence-electron chi connectivity index (χ1n) is 6.55. The Morgan fingerprint density at radius 3 is 2.90 bits per heavy atom. The highest BCUT2D eigenvalue weighted by Gasteiger charge is 2.21. The molecular formula is C15H13Br2ClN2O. The van der Waals surface area contributed by atoms with Crippen LogP contribution in [0.15, 0.2) is 33.3 Å². The smallest absolute Gasteiger partial charge is 0.125 e. The van der Waals surface area contributed by atoms with E-state index in [4.69, 9.17) is 22.1 Å². The van der Waals surface area contributed by atoms with Gasteiger partial charge in [0.1, 0.15) is 5.75 Å². The van der Waals surface area contributed by atoms with Crippen LogP contribution < -0.4 is 10.5 Å². The first kappa shape index (κ1) is 15.3. The molecular weight excluding hydrogens is 419 g/mol. The van der Waals surface area contributed by atoms with Crippen LogP contribution in [-0.2, 0) is 12.8 Å². The molecule has 6 heteroatoms. The number of ether oxygens (including phenoxy) is 1. The Morgan fingerprint density at radius 2 is 2.14 bits per heavy atom. The Hall–Kier alpha value is -0.620. The molecule has 0 saturated heterocycles. The van der Waals surface area contributed by atoms with Crippen molar-refractivity contribution in [2.24, 2.45) is 5.73 Å². The van der Waals surface area contributed by atoms with Crippen molar-refractivity contribution in [3.63, 3.8) is 0 Å². The van der Waals surface area contributed by atoms with Crippen LogP contribution >= 0.6 is 43.5 Å². The van der Waals surface area contributed by atoms with Crippen LogP contribution in [0.5, 0.6) is 5.75 Å². The van der Waals surface area contributed by atoms with Crippen molar-refractivity contribution >= 4 is 43.5 Å². The molecule has 1 aromatic carbocycles. The number of aromatic nitrogens is 1. The van der Waals surface area contributed by atoms with Gasteiger partial charge in [-0.2, -0.15) is 0 Å². The summed E-state index contributed by atoms with van der Waals surface area (Å²) >= 11 is 13.1. The number of pyridine rings is 1. The average Bonchev–Trinajstić information content (AvgIpc) is 2.86. The van der Waals surface area contributed by atoms with Crippen LogP contribution in [0.3, 0.4) is 0 Å². The third-order valence-electron chi connectivity index (χ3n) is 3.45. The van der Waals surface area contributed by atoms with E-state index in [9.17, 15) is 0 Å². The summed E-state index contributed by atoms with van der Waals surface area (Å²) in [7, 11) is 0. The van der Waals surface area contributed by atoms with Gasteiger partial charge in [0.2, 0.25) is 0 Å². The summed E-state index contributed by atoms with van der Waals surface area (Å²) in [6.45, 7) is 0.706. The number of benzene rings is 1. The van der Waals surface area contributed by atoms with E-state index < -0.39 is 0 Å². The fourth-order valence-corrected chi connectivity index (χ4v) is 4.07. The fourth-order valence-electron chi connectivity index (χ4n) is 2.53. The molecule has 0 spiro atoms. The summed E-state index contributed by atoms with van der Waals surface area (Å²) in [6, 6.07) is 5.62. The van der Waals surface area contributed by atoms with Gasteiger partial charge in [0.25, 0.3) is 0 Å². The van der Waals surface area contributed by atoms with Crippen molar-refractivity contribution in [2.45, 2.75) is 18.9 Å². The predicted molar refractivity (Wildman–Crippen MR) is 90.9 cm³/mol. The topological polar surface area (TPSA) is 48.1 Å². The Bertz CT molecular complexity index is 694. The van der Waals surface area contributed by atoms with Gasteiger partial charge in [0.15, 0.2) is 0 Å². The second-order valence-corrected chi connectivity index (χ2v) is 7.19. The number of hydrogen-bond donors (Lipinski definition) is 1. The van der Waals surface area contributed by atoms with Gasteiger partial charge in [0, 0.05) is 26.6 Å². The van der Waals surface area contributed by atoms with E-state index in [0.29, 0.717) is 13.0 Å². The van der Waals surface area contributed by atoms with Crippen LogP contribution in [0, 0.1) is 0 Å². The van der Waals surface area contributed by atoms with Gasteiger partial charge in [-0.1, -0.05) is 11.6 Å². The molecule has 3 nitrogen and oxygen atoms in total. The fraction of sp³-hybridized carbons (Fsp3) is 0.267. The normalized spacial score (nSPS) is 14.7. The molecule has 1 unspecified atom stereocenters. The zero-order chi connectivity index (χ0) is 15.0. The largest absolute Gasteiger partial charge is 0.493 e. The zero-order valence-corrected chi connectivity index (χ0v) is 15.0. The molecule has 2 N–H and O–H groups in total. The first-order chi connectivity index (χ1) is 10.0. The summed E-state index contributed by atoms with van der Waals surface area (Å²) < 4.78 is 7.52. The highest BCUT2D eigenvalue weighted by molar-refractivity contribution is 9.11. The Morgan fingerprint density at radius 1 is 1.33 bits per heavy atom. The van der Waals surface area contributed by atoms with Crippen LogP contribution in [0.4, 0.5) is 0 Å².